The van der Waals surface area contributed by atoms with Crippen LogP contribution in [0.1, 0.15) is 63.7 Å². The summed E-state index contributed by atoms with van der Waals surface area (Å²) in [5, 5.41) is 21.6. The van der Waals surface area contributed by atoms with Crippen molar-refractivity contribution in [2.45, 2.75) is 32.6 Å². The Morgan fingerprint density at radius 3 is 2.24 bits per heavy atom. The zero-order valence-corrected chi connectivity index (χ0v) is 11.7. The van der Waals surface area contributed by atoms with Crippen LogP contribution >= 0.6 is 0 Å². The molecule has 1 aromatic carbocycles. The molecule has 0 heterocycles. The molecule has 1 rings (SSSR count). The van der Waals surface area contributed by atoms with E-state index in [0.717, 1.165) is 37.8 Å². The van der Waals surface area contributed by atoms with Gasteiger partial charge in [0.1, 0.15) is 0 Å². The molecule has 0 fully saturated rings. The second-order valence-electron chi connectivity index (χ2n) is 4.53. The number of carbonyl (C=O) groups is 3. The first-order valence-electron chi connectivity index (χ1n) is 6.71. The van der Waals surface area contributed by atoms with Crippen molar-refractivity contribution in [2.24, 2.45) is 0 Å². The van der Waals surface area contributed by atoms with Gasteiger partial charge >= 0.3 is 5.97 Å². The van der Waals surface area contributed by atoms with Crippen molar-refractivity contribution in [3.63, 3.8) is 0 Å². The number of carboxylic acids is 2. The standard InChI is InChI=1S/C15H18O6/c1-2-3-4-5-8-21-15(20)10-6-7-11(13(16)17)12(9-10)14(18)19/h6-7,9H,2-5,8H2,1H3,(H,16,17)(H,18,19)/p-2. The summed E-state index contributed by atoms with van der Waals surface area (Å²) >= 11 is 0. The molecule has 0 aromatic heterocycles. The number of carbonyl (C=O) groups excluding carboxylic acids is 3. The summed E-state index contributed by atoms with van der Waals surface area (Å²) in [5.41, 5.74) is -1.17. The molecule has 1 aromatic rings. The fourth-order valence-corrected chi connectivity index (χ4v) is 1.80. The molecular formula is C15H16O6-2. The van der Waals surface area contributed by atoms with E-state index in [1.165, 1.54) is 6.07 Å². The summed E-state index contributed by atoms with van der Waals surface area (Å²) in [7, 11) is 0. The third kappa shape index (κ3) is 4.91. The van der Waals surface area contributed by atoms with E-state index < -0.39 is 29.0 Å². The maximum absolute atomic E-state index is 11.7. The van der Waals surface area contributed by atoms with E-state index in [1.54, 1.807) is 0 Å². The Bertz CT molecular complexity index is 535. The average molecular weight is 292 g/mol. The molecule has 0 N–H and O–H groups in total. The van der Waals surface area contributed by atoms with E-state index in [-0.39, 0.29) is 12.2 Å². The fourth-order valence-electron chi connectivity index (χ4n) is 1.80. The fraction of sp³-hybridized carbons (Fsp3) is 0.400. The molecule has 0 spiro atoms. The van der Waals surface area contributed by atoms with E-state index in [0.29, 0.717) is 0 Å². The van der Waals surface area contributed by atoms with Gasteiger partial charge in [0.25, 0.3) is 0 Å². The van der Waals surface area contributed by atoms with Crippen LogP contribution in [0.4, 0.5) is 0 Å². The molecule has 0 radical (unpaired) electrons. The van der Waals surface area contributed by atoms with Crippen LogP contribution in [0.2, 0.25) is 0 Å². The van der Waals surface area contributed by atoms with Crippen molar-refractivity contribution in [3.8, 4) is 0 Å². The lowest BCUT2D eigenvalue weighted by atomic mass is 10.0. The van der Waals surface area contributed by atoms with Crippen LogP contribution in [0.25, 0.3) is 0 Å². The van der Waals surface area contributed by atoms with Gasteiger partial charge in [0.2, 0.25) is 0 Å². The Morgan fingerprint density at radius 1 is 1.00 bits per heavy atom. The van der Waals surface area contributed by atoms with Crippen LogP contribution in [0.15, 0.2) is 18.2 Å². The smallest absolute Gasteiger partial charge is 0.338 e. The Morgan fingerprint density at radius 2 is 1.67 bits per heavy atom. The van der Waals surface area contributed by atoms with Crippen molar-refractivity contribution >= 4 is 17.9 Å². The summed E-state index contributed by atoms with van der Waals surface area (Å²) in [6.07, 6.45) is 3.78. The van der Waals surface area contributed by atoms with Gasteiger partial charge in [0.05, 0.1) is 24.1 Å². The molecule has 0 amide bonds. The highest BCUT2D eigenvalue weighted by Crippen LogP contribution is 2.12. The largest absolute Gasteiger partial charge is 0.545 e. The highest BCUT2D eigenvalue weighted by molar-refractivity contribution is 6.02. The molecule has 0 unspecified atom stereocenters. The van der Waals surface area contributed by atoms with Crippen LogP contribution in [-0.4, -0.2) is 24.5 Å². The first kappa shape index (κ1) is 16.7. The first-order valence-corrected chi connectivity index (χ1v) is 6.71. The minimum Gasteiger partial charge on any atom is -0.545 e. The van der Waals surface area contributed by atoms with Crippen molar-refractivity contribution in [1.82, 2.24) is 0 Å². The maximum Gasteiger partial charge on any atom is 0.338 e. The van der Waals surface area contributed by atoms with Gasteiger partial charge < -0.3 is 24.5 Å². The lowest BCUT2D eigenvalue weighted by molar-refractivity contribution is -0.259. The van der Waals surface area contributed by atoms with Gasteiger partial charge in [-0.2, -0.15) is 0 Å². The zero-order valence-electron chi connectivity index (χ0n) is 11.7. The van der Waals surface area contributed by atoms with Gasteiger partial charge in [-0.15, -0.1) is 0 Å². The molecule has 0 aliphatic heterocycles. The molecule has 6 heteroatoms. The number of hydrogen-bond acceptors (Lipinski definition) is 6. The van der Waals surface area contributed by atoms with E-state index >= 15 is 0 Å². The molecule has 114 valence electrons. The SMILES string of the molecule is CCCCCCOC(=O)c1ccc(C(=O)[O-])c(C(=O)[O-])c1. The zero-order chi connectivity index (χ0) is 15.8. The molecular weight excluding hydrogens is 276 g/mol. The number of esters is 1. The van der Waals surface area contributed by atoms with Gasteiger partial charge in [-0.3, -0.25) is 0 Å². The topological polar surface area (TPSA) is 107 Å². The molecule has 0 saturated carbocycles. The minimum absolute atomic E-state index is 0.0327. The van der Waals surface area contributed by atoms with Gasteiger partial charge in [-0.1, -0.05) is 32.3 Å². The summed E-state index contributed by atoms with van der Waals surface area (Å²) < 4.78 is 4.99. The van der Waals surface area contributed by atoms with Crippen LogP contribution < -0.4 is 10.2 Å². The van der Waals surface area contributed by atoms with Crippen LogP contribution in [0.5, 0.6) is 0 Å². The van der Waals surface area contributed by atoms with E-state index in [9.17, 15) is 24.6 Å². The number of rotatable bonds is 8. The van der Waals surface area contributed by atoms with Crippen molar-refractivity contribution in [2.75, 3.05) is 6.61 Å². The molecule has 0 aliphatic carbocycles. The number of unbranched alkanes of at least 4 members (excludes halogenated alkanes) is 3. The Balaban J connectivity index is 2.75. The molecule has 0 aliphatic rings. The summed E-state index contributed by atoms with van der Waals surface area (Å²) in [4.78, 5) is 33.4. The molecule has 0 bridgehead atoms. The van der Waals surface area contributed by atoms with Crippen molar-refractivity contribution < 1.29 is 29.3 Å². The number of ether oxygens (including phenoxy) is 1. The summed E-state index contributed by atoms with van der Waals surface area (Å²) in [5.74, 6) is -4.03. The lowest BCUT2D eigenvalue weighted by Crippen LogP contribution is -2.30. The van der Waals surface area contributed by atoms with E-state index in [1.807, 2.05) is 0 Å². The predicted molar refractivity (Wildman–Crippen MR) is 69.5 cm³/mol. The van der Waals surface area contributed by atoms with Gasteiger partial charge in [0.15, 0.2) is 0 Å². The van der Waals surface area contributed by atoms with Crippen LogP contribution in [-0.2, 0) is 4.74 Å². The Kier molecular flexibility index (Phi) is 6.39. The van der Waals surface area contributed by atoms with Gasteiger partial charge in [-0.05, 0) is 18.6 Å². The quantitative estimate of drug-likeness (QED) is 0.498. The number of carboxylic acid groups (broad SMARTS) is 2. The highest BCUT2D eigenvalue weighted by Gasteiger charge is 2.12. The number of benzene rings is 1. The highest BCUT2D eigenvalue weighted by atomic mass is 16.5. The van der Waals surface area contributed by atoms with Gasteiger partial charge in [-0.25, -0.2) is 4.79 Å². The van der Waals surface area contributed by atoms with Crippen LogP contribution in [0.3, 0.4) is 0 Å². The summed E-state index contributed by atoms with van der Waals surface area (Å²) in [6, 6.07) is 3.11. The van der Waals surface area contributed by atoms with Crippen molar-refractivity contribution in [3.05, 3.63) is 34.9 Å². The second-order valence-corrected chi connectivity index (χ2v) is 4.53. The number of aromatic carboxylic acids is 2. The third-order valence-corrected chi connectivity index (χ3v) is 2.93. The third-order valence-electron chi connectivity index (χ3n) is 2.93. The molecule has 0 atom stereocenters. The molecule has 0 saturated heterocycles. The minimum atomic E-state index is -1.69. The maximum atomic E-state index is 11.7. The molecule has 21 heavy (non-hydrogen) atoms. The Hall–Kier alpha value is -2.37. The average Bonchev–Trinajstić information content (AvgIpc) is 2.46. The van der Waals surface area contributed by atoms with Crippen molar-refractivity contribution in [1.29, 1.82) is 0 Å². The summed E-state index contributed by atoms with van der Waals surface area (Å²) in [6.45, 7) is 2.30. The predicted octanol–water partition coefficient (Wildman–Crippen LogP) is 0.151. The van der Waals surface area contributed by atoms with E-state index in [2.05, 4.69) is 6.92 Å². The lowest BCUT2D eigenvalue weighted by Gasteiger charge is -2.13. The number of hydrogen-bond donors (Lipinski definition) is 0. The van der Waals surface area contributed by atoms with Crippen LogP contribution in [0, 0.1) is 0 Å². The monoisotopic (exact) mass is 292 g/mol. The normalized spacial score (nSPS) is 10.1. The molecule has 6 nitrogen and oxygen atoms in total. The van der Waals surface area contributed by atoms with E-state index in [4.69, 9.17) is 4.74 Å². The van der Waals surface area contributed by atoms with Gasteiger partial charge in [0, 0.05) is 11.1 Å². The first-order chi connectivity index (χ1) is 9.97. The Labute approximate surface area is 122 Å². The second kappa shape index (κ2) is 8.04.